The number of nitrogens with zero attached hydrogens (tertiary/aromatic N) is 4. The Morgan fingerprint density at radius 2 is 1.79 bits per heavy atom. The number of hydrogen-bond acceptors (Lipinski definition) is 4. The molecule has 0 radical (unpaired) electrons. The van der Waals surface area contributed by atoms with Crippen molar-refractivity contribution < 1.29 is 0 Å². The van der Waals surface area contributed by atoms with E-state index in [-0.39, 0.29) is 0 Å². The molecule has 0 aliphatic carbocycles. The highest BCUT2D eigenvalue weighted by Crippen LogP contribution is 2.24. The smallest absolute Gasteiger partial charge is 0.191 e. The van der Waals surface area contributed by atoms with Crippen molar-refractivity contribution in [2.45, 2.75) is 30.8 Å². The average Bonchev–Trinajstić information content (AvgIpc) is 3.02. The van der Waals surface area contributed by atoms with Gasteiger partial charge in [-0.25, -0.2) is 0 Å². The predicted octanol–water partition coefficient (Wildman–Crippen LogP) is 4.05. The molecule has 120 valence electrons. The highest BCUT2D eigenvalue weighted by Gasteiger charge is 2.12. The second-order valence-corrected chi connectivity index (χ2v) is 6.31. The number of benzene rings is 2. The molecule has 0 spiro atoms. The van der Waals surface area contributed by atoms with Gasteiger partial charge in [-0.15, -0.1) is 10.2 Å². The fourth-order valence-electron chi connectivity index (χ4n) is 2.55. The van der Waals surface area contributed by atoms with Gasteiger partial charge in [-0.05, 0) is 24.1 Å². The molecule has 1 heterocycles. The van der Waals surface area contributed by atoms with Crippen molar-refractivity contribution >= 4 is 11.8 Å². The fraction of sp³-hybridized carbons (Fsp3) is 0.211. The van der Waals surface area contributed by atoms with E-state index in [1.165, 1.54) is 5.56 Å². The van der Waals surface area contributed by atoms with Crippen LogP contribution in [0.3, 0.4) is 0 Å². The van der Waals surface area contributed by atoms with Gasteiger partial charge in [-0.2, -0.15) is 5.26 Å². The first-order valence-corrected chi connectivity index (χ1v) is 8.87. The summed E-state index contributed by atoms with van der Waals surface area (Å²) in [7, 11) is 0. The number of thioether (sulfide) groups is 1. The summed E-state index contributed by atoms with van der Waals surface area (Å²) in [4.78, 5) is 0. The minimum atomic E-state index is 0.715. The molecule has 0 fully saturated rings. The number of nitriles is 1. The maximum absolute atomic E-state index is 9.19. The van der Waals surface area contributed by atoms with Gasteiger partial charge in [0.2, 0.25) is 0 Å². The van der Waals surface area contributed by atoms with E-state index >= 15 is 0 Å². The second kappa shape index (κ2) is 7.80. The first-order valence-electron chi connectivity index (χ1n) is 7.88. The lowest BCUT2D eigenvalue weighted by atomic mass is 10.1. The first kappa shape index (κ1) is 16.3. The molecule has 2 aromatic carbocycles. The molecule has 0 unspecified atom stereocenters. The summed E-state index contributed by atoms with van der Waals surface area (Å²) in [6.07, 6.45) is 0.775. The first-order chi connectivity index (χ1) is 11.8. The maximum atomic E-state index is 9.19. The van der Waals surface area contributed by atoms with Crippen LogP contribution < -0.4 is 0 Å². The van der Waals surface area contributed by atoms with Gasteiger partial charge in [-0.3, -0.25) is 0 Å². The van der Waals surface area contributed by atoms with Gasteiger partial charge in [0.15, 0.2) is 5.16 Å². The number of aromatic nitrogens is 3. The monoisotopic (exact) mass is 334 g/mol. The van der Waals surface area contributed by atoms with Crippen molar-refractivity contribution in [3.63, 3.8) is 0 Å². The van der Waals surface area contributed by atoms with Gasteiger partial charge < -0.3 is 4.57 Å². The molecule has 3 rings (SSSR count). The predicted molar refractivity (Wildman–Crippen MR) is 95.7 cm³/mol. The van der Waals surface area contributed by atoms with Crippen LogP contribution >= 0.6 is 11.8 Å². The molecule has 0 atom stereocenters. The van der Waals surface area contributed by atoms with Crippen molar-refractivity contribution in [1.29, 1.82) is 5.26 Å². The average molecular weight is 334 g/mol. The normalized spacial score (nSPS) is 10.5. The lowest BCUT2D eigenvalue weighted by Crippen LogP contribution is -2.04. The van der Waals surface area contributed by atoms with E-state index in [1.807, 2.05) is 42.5 Å². The Morgan fingerprint density at radius 1 is 1.04 bits per heavy atom. The zero-order valence-corrected chi connectivity index (χ0v) is 14.3. The molecule has 0 saturated heterocycles. The van der Waals surface area contributed by atoms with Crippen LogP contribution in [0, 0.1) is 11.3 Å². The highest BCUT2D eigenvalue weighted by atomic mass is 32.2. The van der Waals surface area contributed by atoms with Gasteiger partial charge in [-0.1, -0.05) is 60.3 Å². The minimum absolute atomic E-state index is 0.715. The Kier molecular flexibility index (Phi) is 5.29. The Balaban J connectivity index is 1.76. The molecule has 0 N–H and O–H groups in total. The number of hydrogen-bond donors (Lipinski definition) is 0. The van der Waals surface area contributed by atoms with Crippen LogP contribution in [-0.4, -0.2) is 14.8 Å². The van der Waals surface area contributed by atoms with Gasteiger partial charge >= 0.3 is 0 Å². The molecule has 5 heteroatoms. The van der Waals surface area contributed by atoms with Crippen LogP contribution in [0.15, 0.2) is 59.8 Å². The SMILES string of the molecule is CCn1c(Cc2ccccc2)nnc1SCc1ccccc1C#N. The van der Waals surface area contributed by atoms with Crippen molar-refractivity contribution in [3.8, 4) is 6.07 Å². The lowest BCUT2D eigenvalue weighted by Gasteiger charge is -2.08. The Bertz CT molecular complexity index is 849. The molecular weight excluding hydrogens is 316 g/mol. The largest absolute Gasteiger partial charge is 0.306 e. The molecule has 0 aliphatic rings. The van der Waals surface area contributed by atoms with Crippen LogP contribution in [0.1, 0.15) is 29.4 Å². The van der Waals surface area contributed by atoms with Gasteiger partial charge in [0.1, 0.15) is 5.82 Å². The van der Waals surface area contributed by atoms with E-state index < -0.39 is 0 Å². The zero-order valence-electron chi connectivity index (χ0n) is 13.5. The molecule has 0 bridgehead atoms. The van der Waals surface area contributed by atoms with Crippen LogP contribution in [0.4, 0.5) is 0 Å². The lowest BCUT2D eigenvalue weighted by molar-refractivity contribution is 0.651. The zero-order chi connectivity index (χ0) is 16.8. The molecule has 4 nitrogen and oxygen atoms in total. The quantitative estimate of drug-likeness (QED) is 0.638. The summed E-state index contributed by atoms with van der Waals surface area (Å²) in [6, 6.07) is 20.2. The number of rotatable bonds is 6. The van der Waals surface area contributed by atoms with E-state index in [1.54, 1.807) is 11.8 Å². The van der Waals surface area contributed by atoms with E-state index in [2.05, 4.69) is 39.9 Å². The fourth-order valence-corrected chi connectivity index (χ4v) is 3.58. The summed E-state index contributed by atoms with van der Waals surface area (Å²) in [5.41, 5.74) is 2.98. The van der Waals surface area contributed by atoms with Crippen LogP contribution in [0.5, 0.6) is 0 Å². The van der Waals surface area contributed by atoms with Crippen molar-refractivity contribution in [2.24, 2.45) is 0 Å². The van der Waals surface area contributed by atoms with Crippen molar-refractivity contribution in [2.75, 3.05) is 0 Å². The van der Waals surface area contributed by atoms with E-state index in [0.717, 1.165) is 35.1 Å². The van der Waals surface area contributed by atoms with E-state index in [4.69, 9.17) is 0 Å². The summed E-state index contributed by atoms with van der Waals surface area (Å²) in [6.45, 7) is 2.93. The van der Waals surface area contributed by atoms with Gasteiger partial charge in [0.25, 0.3) is 0 Å². The van der Waals surface area contributed by atoms with E-state index in [0.29, 0.717) is 5.75 Å². The van der Waals surface area contributed by atoms with Crippen LogP contribution in [-0.2, 0) is 18.7 Å². The molecule has 1 aromatic heterocycles. The second-order valence-electron chi connectivity index (χ2n) is 5.36. The summed E-state index contributed by atoms with van der Waals surface area (Å²) >= 11 is 1.62. The molecule has 24 heavy (non-hydrogen) atoms. The van der Waals surface area contributed by atoms with Gasteiger partial charge in [0, 0.05) is 18.7 Å². The van der Waals surface area contributed by atoms with Gasteiger partial charge in [0.05, 0.1) is 11.6 Å². The van der Waals surface area contributed by atoms with Crippen molar-refractivity contribution in [3.05, 3.63) is 77.1 Å². The molecule has 3 aromatic rings. The van der Waals surface area contributed by atoms with Crippen molar-refractivity contribution in [1.82, 2.24) is 14.8 Å². The summed E-state index contributed by atoms with van der Waals surface area (Å²) < 4.78 is 2.15. The topological polar surface area (TPSA) is 54.5 Å². The third-order valence-electron chi connectivity index (χ3n) is 3.81. The summed E-state index contributed by atoms with van der Waals surface area (Å²) in [5, 5.41) is 18.8. The highest BCUT2D eigenvalue weighted by molar-refractivity contribution is 7.98. The molecule has 0 saturated carbocycles. The van der Waals surface area contributed by atoms with Crippen LogP contribution in [0.2, 0.25) is 0 Å². The molecular formula is C19H18N4S. The summed E-state index contributed by atoms with van der Waals surface area (Å²) in [5.74, 6) is 1.69. The third-order valence-corrected chi connectivity index (χ3v) is 4.82. The standard InChI is InChI=1S/C19H18N4S/c1-2-23-18(12-15-8-4-3-5-9-15)21-22-19(23)24-14-17-11-7-6-10-16(17)13-20/h3-11H,2,12,14H2,1H3. The van der Waals surface area contributed by atoms with Crippen LogP contribution in [0.25, 0.3) is 0 Å². The maximum Gasteiger partial charge on any atom is 0.191 e. The Labute approximate surface area is 146 Å². The third kappa shape index (κ3) is 3.66. The Hall–Kier alpha value is -2.58. The Morgan fingerprint density at radius 3 is 2.54 bits per heavy atom. The van der Waals surface area contributed by atoms with E-state index in [9.17, 15) is 5.26 Å². The molecule has 0 aliphatic heterocycles. The minimum Gasteiger partial charge on any atom is -0.306 e. The molecule has 0 amide bonds.